The Balaban J connectivity index is 3.74. The average molecular weight is 255 g/mol. The molecule has 0 bridgehead atoms. The molecular weight excluding hydrogens is 241 g/mol. The highest BCUT2D eigenvalue weighted by Crippen LogP contribution is 2.20. The molecule has 60 valence electrons. The highest BCUT2D eigenvalue weighted by molar-refractivity contribution is 14.1. The Morgan fingerprint density at radius 1 is 1.60 bits per heavy atom. The molecule has 0 aromatic carbocycles. The first-order valence-electron chi connectivity index (χ1n) is 3.31. The van der Waals surface area contributed by atoms with Crippen molar-refractivity contribution in [3.05, 3.63) is 0 Å². The van der Waals surface area contributed by atoms with Crippen LogP contribution in [-0.2, 0) is 4.79 Å². The zero-order valence-electron chi connectivity index (χ0n) is 6.70. The molecule has 0 aliphatic heterocycles. The van der Waals surface area contributed by atoms with E-state index in [2.05, 4.69) is 19.2 Å². The van der Waals surface area contributed by atoms with E-state index in [1.807, 2.05) is 29.6 Å². The topological polar surface area (TPSA) is 29.1 Å². The molecule has 0 radical (unpaired) electrons. The van der Waals surface area contributed by atoms with Crippen LogP contribution in [0.1, 0.15) is 20.3 Å². The highest BCUT2D eigenvalue weighted by Gasteiger charge is 2.19. The summed E-state index contributed by atoms with van der Waals surface area (Å²) in [5.74, 6) is 0. The van der Waals surface area contributed by atoms with Crippen molar-refractivity contribution in [2.24, 2.45) is 5.41 Å². The largest absolute Gasteiger partial charge is 0.319 e. The summed E-state index contributed by atoms with van der Waals surface area (Å²) in [5, 5.41) is 3.06. The molecule has 1 N–H and O–H groups in total. The van der Waals surface area contributed by atoms with Crippen molar-refractivity contribution >= 4 is 26.4 Å². The average Bonchev–Trinajstić information content (AvgIpc) is 1.59. The predicted octanol–water partition coefficient (Wildman–Crippen LogP) is 1.58. The summed E-state index contributed by atoms with van der Waals surface area (Å²) in [5.41, 5.74) is 0.104. The lowest BCUT2D eigenvalue weighted by Gasteiger charge is -2.21. The molecule has 0 aromatic heterocycles. The molecule has 0 saturated carbocycles. The molecule has 2 nitrogen and oxygen atoms in total. The quantitative estimate of drug-likeness (QED) is 0.610. The first-order valence-corrected chi connectivity index (χ1v) is 4.39. The minimum atomic E-state index is 0.104. The molecule has 0 aliphatic carbocycles. The maximum atomic E-state index is 10.7. The zero-order valence-corrected chi connectivity index (χ0v) is 8.86. The van der Waals surface area contributed by atoms with Gasteiger partial charge >= 0.3 is 0 Å². The molecule has 3 heteroatoms. The second-order valence-corrected chi connectivity index (χ2v) is 4.43. The van der Waals surface area contributed by atoms with Gasteiger partial charge in [-0.15, -0.1) is 0 Å². The number of hydrogen-bond donors (Lipinski definition) is 1. The fraction of sp³-hybridized carbons (Fsp3) is 0.857. The van der Waals surface area contributed by atoms with E-state index in [1.54, 1.807) is 0 Å². The predicted molar refractivity (Wildman–Crippen MR) is 51.4 cm³/mol. The minimum Gasteiger partial charge on any atom is -0.319 e. The van der Waals surface area contributed by atoms with Gasteiger partial charge in [0.05, 0.1) is 0 Å². The van der Waals surface area contributed by atoms with Gasteiger partial charge in [-0.3, -0.25) is 4.79 Å². The van der Waals surface area contributed by atoms with Crippen LogP contribution in [0.4, 0.5) is 0 Å². The van der Waals surface area contributed by atoms with Crippen LogP contribution in [0, 0.1) is 5.41 Å². The van der Waals surface area contributed by atoms with Gasteiger partial charge in [0.25, 0.3) is 0 Å². The van der Waals surface area contributed by atoms with Crippen LogP contribution in [0.5, 0.6) is 0 Å². The number of nitrogens with one attached hydrogen (secondary N) is 1. The summed E-state index contributed by atoms with van der Waals surface area (Å²) in [6, 6.07) is 0. The first-order chi connectivity index (χ1) is 4.48. The molecule has 0 fully saturated rings. The van der Waals surface area contributed by atoms with E-state index in [-0.39, 0.29) is 9.20 Å². The SMILES string of the molecule is CNCC(C)(C)CC(=O)I. The second kappa shape index (κ2) is 4.28. The van der Waals surface area contributed by atoms with Crippen LogP contribution in [0.3, 0.4) is 0 Å². The van der Waals surface area contributed by atoms with Gasteiger partial charge in [-0.1, -0.05) is 13.8 Å². The molecule has 0 spiro atoms. The molecule has 0 rings (SSSR count). The Morgan fingerprint density at radius 2 is 2.10 bits per heavy atom. The molecule has 0 amide bonds. The van der Waals surface area contributed by atoms with Crippen LogP contribution < -0.4 is 5.32 Å². The smallest absolute Gasteiger partial charge is 0.192 e. The van der Waals surface area contributed by atoms with Crippen molar-refractivity contribution in [1.82, 2.24) is 5.32 Å². The summed E-state index contributed by atoms with van der Waals surface area (Å²) >= 11 is 1.84. The van der Waals surface area contributed by atoms with Gasteiger partial charge in [0, 0.05) is 13.0 Å². The Hall–Kier alpha value is 0.360. The minimum absolute atomic E-state index is 0.104. The van der Waals surface area contributed by atoms with Crippen LogP contribution in [-0.4, -0.2) is 17.4 Å². The van der Waals surface area contributed by atoms with Crippen molar-refractivity contribution in [3.63, 3.8) is 0 Å². The fourth-order valence-electron chi connectivity index (χ4n) is 0.917. The fourth-order valence-corrected chi connectivity index (χ4v) is 1.95. The van der Waals surface area contributed by atoms with E-state index in [0.29, 0.717) is 6.42 Å². The van der Waals surface area contributed by atoms with E-state index >= 15 is 0 Å². The third-order valence-electron chi connectivity index (χ3n) is 1.27. The van der Waals surface area contributed by atoms with Crippen molar-refractivity contribution < 1.29 is 4.79 Å². The number of hydrogen-bond acceptors (Lipinski definition) is 2. The molecule has 0 atom stereocenters. The van der Waals surface area contributed by atoms with E-state index < -0.39 is 0 Å². The highest BCUT2D eigenvalue weighted by atomic mass is 127. The summed E-state index contributed by atoms with van der Waals surface area (Å²) in [6.07, 6.45) is 0.647. The molecule has 0 aliphatic rings. The maximum absolute atomic E-state index is 10.7. The first kappa shape index (κ1) is 10.4. The molecule has 0 unspecified atom stereocenters. The monoisotopic (exact) mass is 255 g/mol. The van der Waals surface area contributed by atoms with Gasteiger partial charge in [0.1, 0.15) is 0 Å². The Bertz CT molecular complexity index is 123. The standard InChI is InChI=1S/C7H14INO/c1-7(2,5-9-3)4-6(8)10/h9H,4-5H2,1-3H3. The lowest BCUT2D eigenvalue weighted by molar-refractivity contribution is -0.111. The van der Waals surface area contributed by atoms with Crippen molar-refractivity contribution in [2.45, 2.75) is 20.3 Å². The molecule has 0 aromatic rings. The Kier molecular flexibility index (Phi) is 4.44. The Morgan fingerprint density at radius 3 is 2.40 bits per heavy atom. The van der Waals surface area contributed by atoms with Crippen LogP contribution in [0.2, 0.25) is 0 Å². The number of carbonyl (C=O) groups excluding carboxylic acids is 1. The van der Waals surface area contributed by atoms with Gasteiger partial charge in [0.2, 0.25) is 0 Å². The van der Waals surface area contributed by atoms with E-state index in [4.69, 9.17) is 0 Å². The van der Waals surface area contributed by atoms with Gasteiger partial charge in [-0.2, -0.15) is 0 Å². The van der Waals surface area contributed by atoms with Crippen LogP contribution in [0.25, 0.3) is 0 Å². The van der Waals surface area contributed by atoms with Crippen LogP contribution in [0.15, 0.2) is 0 Å². The van der Waals surface area contributed by atoms with Crippen molar-refractivity contribution in [1.29, 1.82) is 0 Å². The van der Waals surface area contributed by atoms with E-state index in [9.17, 15) is 4.79 Å². The van der Waals surface area contributed by atoms with Gasteiger partial charge in [0.15, 0.2) is 3.79 Å². The summed E-state index contributed by atoms with van der Waals surface area (Å²) in [7, 11) is 1.90. The summed E-state index contributed by atoms with van der Waals surface area (Å²) < 4.78 is 0.234. The van der Waals surface area contributed by atoms with Gasteiger partial charge < -0.3 is 5.32 Å². The van der Waals surface area contributed by atoms with E-state index in [0.717, 1.165) is 6.54 Å². The molecular formula is C7H14INO. The number of halogens is 1. The summed E-state index contributed by atoms with van der Waals surface area (Å²) in [6.45, 7) is 5.06. The molecule has 0 saturated heterocycles. The van der Waals surface area contributed by atoms with Crippen LogP contribution >= 0.6 is 22.6 Å². The van der Waals surface area contributed by atoms with Crippen molar-refractivity contribution in [2.75, 3.05) is 13.6 Å². The lowest BCUT2D eigenvalue weighted by Crippen LogP contribution is -2.27. The van der Waals surface area contributed by atoms with Gasteiger partial charge in [-0.05, 0) is 35.1 Å². The van der Waals surface area contributed by atoms with Gasteiger partial charge in [-0.25, -0.2) is 0 Å². The summed E-state index contributed by atoms with van der Waals surface area (Å²) in [4.78, 5) is 10.7. The van der Waals surface area contributed by atoms with E-state index in [1.165, 1.54) is 0 Å². The normalized spacial score (nSPS) is 11.6. The molecule has 0 heterocycles. The Labute approximate surface area is 75.9 Å². The number of carbonyl (C=O) groups is 1. The number of rotatable bonds is 4. The lowest BCUT2D eigenvalue weighted by atomic mass is 9.90. The third-order valence-corrected chi connectivity index (χ3v) is 1.65. The second-order valence-electron chi connectivity index (χ2n) is 3.23. The zero-order chi connectivity index (χ0) is 8.20. The van der Waals surface area contributed by atoms with Crippen molar-refractivity contribution in [3.8, 4) is 0 Å². The third kappa shape index (κ3) is 5.17. The maximum Gasteiger partial charge on any atom is 0.192 e. The molecule has 10 heavy (non-hydrogen) atoms.